The molecule has 4 aromatic carbocycles. The Balaban J connectivity index is 1.25. The van der Waals surface area contributed by atoms with Crippen LogP contribution >= 0.6 is 0 Å². The minimum atomic E-state index is -0.841. The highest BCUT2D eigenvalue weighted by atomic mass is 16.5. The van der Waals surface area contributed by atoms with Crippen molar-refractivity contribution in [3.63, 3.8) is 0 Å². The van der Waals surface area contributed by atoms with Gasteiger partial charge in [-0.2, -0.15) is 4.98 Å². The molecule has 228 valence electrons. The van der Waals surface area contributed by atoms with E-state index in [2.05, 4.69) is 39.9 Å². The monoisotopic (exact) mass is 602 g/mol. The van der Waals surface area contributed by atoms with Gasteiger partial charge < -0.3 is 19.9 Å². The number of rotatable bonds is 10. The molecule has 1 aliphatic rings. The van der Waals surface area contributed by atoms with Gasteiger partial charge in [-0.05, 0) is 47.0 Å². The number of methoxy groups -OCH3 is 1. The molecule has 5 aromatic rings. The molecule has 1 fully saturated rings. The van der Waals surface area contributed by atoms with Crippen molar-refractivity contribution in [2.45, 2.75) is 30.4 Å². The molecule has 1 aliphatic heterocycles. The first-order valence-corrected chi connectivity index (χ1v) is 14.8. The van der Waals surface area contributed by atoms with Crippen molar-refractivity contribution in [1.82, 2.24) is 14.9 Å². The predicted octanol–water partition coefficient (Wildman–Crippen LogP) is 4.73. The average molecular weight is 603 g/mol. The fraction of sp³-hybridized carbons (Fsp3) is 0.194. The Hall–Kier alpha value is -5.09. The zero-order chi connectivity index (χ0) is 31.2. The maximum absolute atomic E-state index is 13.0. The van der Waals surface area contributed by atoms with Gasteiger partial charge >= 0.3 is 5.69 Å². The van der Waals surface area contributed by atoms with Crippen molar-refractivity contribution in [2.75, 3.05) is 19.0 Å². The molecule has 6 rings (SSSR count). The van der Waals surface area contributed by atoms with Crippen LogP contribution in [-0.4, -0.2) is 46.4 Å². The Morgan fingerprint density at radius 1 is 0.889 bits per heavy atom. The van der Waals surface area contributed by atoms with Crippen LogP contribution in [-0.2, 0) is 10.3 Å². The summed E-state index contributed by atoms with van der Waals surface area (Å²) >= 11 is 0. The van der Waals surface area contributed by atoms with E-state index in [1.54, 1.807) is 37.4 Å². The number of ether oxygens (including phenoxy) is 2. The molecule has 0 radical (unpaired) electrons. The van der Waals surface area contributed by atoms with Gasteiger partial charge in [0, 0.05) is 24.7 Å². The Morgan fingerprint density at radius 2 is 1.47 bits per heavy atom. The third-order valence-electron chi connectivity index (χ3n) is 8.13. The second-order valence-electron chi connectivity index (χ2n) is 10.8. The van der Waals surface area contributed by atoms with E-state index in [0.717, 1.165) is 22.4 Å². The molecular formula is C36H34N4O5. The summed E-state index contributed by atoms with van der Waals surface area (Å²) in [5.41, 5.74) is 2.09. The van der Waals surface area contributed by atoms with Crippen LogP contribution in [0.1, 0.15) is 39.7 Å². The molecule has 0 spiro atoms. The first kappa shape index (κ1) is 30.0. The number of hydrogen-bond acceptors (Lipinski definition) is 7. The Bertz CT molecular complexity index is 1740. The number of benzene rings is 4. The predicted molar refractivity (Wildman–Crippen MR) is 171 cm³/mol. The van der Waals surface area contributed by atoms with E-state index in [0.29, 0.717) is 5.56 Å². The van der Waals surface area contributed by atoms with E-state index in [1.807, 2.05) is 66.7 Å². The number of nitrogens with one attached hydrogen (secondary N) is 2. The summed E-state index contributed by atoms with van der Waals surface area (Å²) in [6, 6.07) is 38.4. The van der Waals surface area contributed by atoms with E-state index in [4.69, 9.17) is 9.47 Å². The van der Waals surface area contributed by atoms with Crippen molar-refractivity contribution in [3.05, 3.63) is 160 Å². The summed E-state index contributed by atoms with van der Waals surface area (Å²) in [6.45, 7) is 0.279. The Morgan fingerprint density at radius 3 is 2.04 bits per heavy atom. The van der Waals surface area contributed by atoms with Gasteiger partial charge in [0.2, 0.25) is 0 Å². The molecule has 9 heteroatoms. The number of hydrogen-bond donors (Lipinski definition) is 3. The number of anilines is 1. The van der Waals surface area contributed by atoms with Crippen LogP contribution in [0.25, 0.3) is 0 Å². The van der Waals surface area contributed by atoms with E-state index in [-0.39, 0.29) is 24.7 Å². The summed E-state index contributed by atoms with van der Waals surface area (Å²) < 4.78 is 13.0. The van der Waals surface area contributed by atoms with Gasteiger partial charge in [-0.3, -0.25) is 14.7 Å². The average Bonchev–Trinajstić information content (AvgIpc) is 3.46. The van der Waals surface area contributed by atoms with Gasteiger partial charge in [0.25, 0.3) is 5.91 Å². The van der Waals surface area contributed by atoms with Crippen molar-refractivity contribution in [3.8, 4) is 5.75 Å². The SMILES string of the molecule is COc1ccc(C(NC[C@H]2O[C@@H](n3ccc(NC(=O)c4ccccc4)nc3=O)C[C@@H]2O)(c2ccccc2)c2ccccc2)cc1. The summed E-state index contributed by atoms with van der Waals surface area (Å²) in [5.74, 6) is 0.517. The minimum Gasteiger partial charge on any atom is -0.497 e. The molecule has 3 atom stereocenters. The second-order valence-corrected chi connectivity index (χ2v) is 10.8. The maximum atomic E-state index is 13.0. The van der Waals surface area contributed by atoms with Gasteiger partial charge in [-0.1, -0.05) is 91.0 Å². The number of nitrogens with zero attached hydrogens (tertiary/aromatic N) is 2. The smallest absolute Gasteiger partial charge is 0.351 e. The number of aliphatic hydroxyl groups is 1. The summed E-state index contributed by atoms with van der Waals surface area (Å²) in [7, 11) is 1.64. The van der Waals surface area contributed by atoms with Crippen molar-refractivity contribution < 1.29 is 19.4 Å². The van der Waals surface area contributed by atoms with Crippen LogP contribution in [0.2, 0.25) is 0 Å². The topological polar surface area (TPSA) is 115 Å². The van der Waals surface area contributed by atoms with Gasteiger partial charge in [-0.25, -0.2) is 4.79 Å². The molecule has 0 aliphatic carbocycles. The summed E-state index contributed by atoms with van der Waals surface area (Å²) in [6.07, 6.45) is -0.458. The molecule has 1 saturated heterocycles. The lowest BCUT2D eigenvalue weighted by molar-refractivity contribution is -0.0211. The fourth-order valence-corrected chi connectivity index (χ4v) is 5.83. The molecule has 1 amide bonds. The molecule has 3 N–H and O–H groups in total. The quantitative estimate of drug-likeness (QED) is 0.198. The minimum absolute atomic E-state index is 0.136. The van der Waals surface area contributed by atoms with E-state index in [1.165, 1.54) is 10.8 Å². The number of aliphatic hydroxyl groups excluding tert-OH is 1. The van der Waals surface area contributed by atoms with Crippen LogP contribution in [0.4, 0.5) is 5.82 Å². The number of amides is 1. The van der Waals surface area contributed by atoms with Crippen molar-refractivity contribution >= 4 is 11.7 Å². The highest BCUT2D eigenvalue weighted by Gasteiger charge is 2.40. The van der Waals surface area contributed by atoms with Crippen LogP contribution in [0.3, 0.4) is 0 Å². The molecule has 1 aromatic heterocycles. The fourth-order valence-electron chi connectivity index (χ4n) is 5.83. The van der Waals surface area contributed by atoms with Crippen LogP contribution in [0.5, 0.6) is 5.75 Å². The third-order valence-corrected chi connectivity index (χ3v) is 8.13. The molecule has 9 nitrogen and oxygen atoms in total. The van der Waals surface area contributed by atoms with Gasteiger partial charge in [0.15, 0.2) is 0 Å². The van der Waals surface area contributed by atoms with Gasteiger partial charge in [0.05, 0.1) is 24.9 Å². The summed E-state index contributed by atoms with van der Waals surface area (Å²) in [5, 5.41) is 17.5. The Kier molecular flexibility index (Phi) is 8.84. The number of aromatic nitrogens is 2. The van der Waals surface area contributed by atoms with E-state index in [9.17, 15) is 14.7 Å². The largest absolute Gasteiger partial charge is 0.497 e. The molecule has 2 heterocycles. The standard InChI is InChI=1S/C36H34N4O5/c1-44-29-19-17-28(18-20-29)36(26-13-7-3-8-14-26,27-15-9-4-10-16-27)37-24-31-30(41)23-33(45-31)40-22-21-32(39-35(40)43)38-34(42)25-11-5-2-6-12-25/h2-22,30-31,33,37,41H,23-24H2,1H3,(H,38,39,42,43)/t30-,31+,33+/m0/s1. The summed E-state index contributed by atoms with van der Waals surface area (Å²) in [4.78, 5) is 29.5. The lowest BCUT2D eigenvalue weighted by Crippen LogP contribution is -2.49. The molecular weight excluding hydrogens is 568 g/mol. The lowest BCUT2D eigenvalue weighted by atomic mass is 9.77. The maximum Gasteiger partial charge on any atom is 0.351 e. The molecule has 0 saturated carbocycles. The molecule has 45 heavy (non-hydrogen) atoms. The molecule has 0 bridgehead atoms. The van der Waals surface area contributed by atoms with Crippen LogP contribution in [0.15, 0.2) is 132 Å². The van der Waals surface area contributed by atoms with Gasteiger partial charge in [-0.15, -0.1) is 0 Å². The first-order chi connectivity index (χ1) is 22.0. The zero-order valence-electron chi connectivity index (χ0n) is 24.7. The number of carbonyl (C=O) groups is 1. The molecule has 0 unspecified atom stereocenters. The number of carbonyl (C=O) groups excluding carboxylic acids is 1. The highest BCUT2D eigenvalue weighted by Crippen LogP contribution is 2.38. The van der Waals surface area contributed by atoms with Crippen LogP contribution < -0.4 is 21.1 Å². The van der Waals surface area contributed by atoms with Gasteiger partial charge in [0.1, 0.15) is 17.8 Å². The lowest BCUT2D eigenvalue weighted by Gasteiger charge is -2.38. The second kappa shape index (κ2) is 13.3. The third kappa shape index (κ3) is 6.28. The van der Waals surface area contributed by atoms with E-state index < -0.39 is 29.7 Å². The van der Waals surface area contributed by atoms with E-state index >= 15 is 0 Å². The van der Waals surface area contributed by atoms with Crippen molar-refractivity contribution in [1.29, 1.82) is 0 Å². The van der Waals surface area contributed by atoms with Crippen LogP contribution in [0, 0.1) is 0 Å². The normalized spacial score (nSPS) is 18.0. The highest BCUT2D eigenvalue weighted by molar-refractivity contribution is 6.03. The Labute approximate surface area is 261 Å². The zero-order valence-corrected chi connectivity index (χ0v) is 24.7. The van der Waals surface area contributed by atoms with Crippen molar-refractivity contribution in [2.24, 2.45) is 0 Å². The first-order valence-electron chi connectivity index (χ1n) is 14.8.